The van der Waals surface area contributed by atoms with Crippen molar-refractivity contribution in [2.24, 2.45) is 16.7 Å². The summed E-state index contributed by atoms with van der Waals surface area (Å²) in [7, 11) is 3.95. The summed E-state index contributed by atoms with van der Waals surface area (Å²) in [5.41, 5.74) is 0.776. The maximum atomic E-state index is 5.55. The lowest BCUT2D eigenvalue weighted by Crippen LogP contribution is -2.45. The first-order valence-corrected chi connectivity index (χ1v) is 7.09. The number of ether oxygens (including phenoxy) is 1. The second-order valence-corrected chi connectivity index (χ2v) is 6.32. The van der Waals surface area contributed by atoms with Crippen LogP contribution < -0.4 is 5.32 Å². The van der Waals surface area contributed by atoms with E-state index < -0.39 is 0 Å². The third-order valence-electron chi connectivity index (χ3n) is 5.71. The van der Waals surface area contributed by atoms with Crippen LogP contribution in [0.25, 0.3) is 0 Å². The zero-order valence-corrected chi connectivity index (χ0v) is 12.8. The molecule has 0 aromatic carbocycles. The van der Waals surface area contributed by atoms with Crippen LogP contribution in [0.2, 0.25) is 0 Å². The molecule has 4 unspecified atom stereocenters. The molecular weight excluding hydrogens is 210 g/mol. The lowest BCUT2D eigenvalue weighted by Gasteiger charge is -2.38. The zero-order valence-electron chi connectivity index (χ0n) is 12.8. The summed E-state index contributed by atoms with van der Waals surface area (Å²) in [5.74, 6) is 0.757. The number of nitrogens with one attached hydrogen (secondary N) is 1. The minimum Gasteiger partial charge on any atom is -0.381 e. The van der Waals surface area contributed by atoms with Crippen LogP contribution in [0, 0.1) is 16.7 Å². The van der Waals surface area contributed by atoms with Gasteiger partial charge in [-0.05, 0) is 50.0 Å². The van der Waals surface area contributed by atoms with E-state index in [0.717, 1.165) is 5.92 Å². The van der Waals surface area contributed by atoms with Crippen molar-refractivity contribution in [2.75, 3.05) is 14.2 Å². The monoisotopic (exact) mass is 241 g/mol. The van der Waals surface area contributed by atoms with Crippen LogP contribution >= 0.6 is 0 Å². The molecule has 1 aliphatic carbocycles. The summed E-state index contributed by atoms with van der Waals surface area (Å²) in [4.78, 5) is 0. The molecule has 1 aliphatic rings. The van der Waals surface area contributed by atoms with Gasteiger partial charge in [0.1, 0.15) is 0 Å². The molecule has 2 heteroatoms. The average molecular weight is 241 g/mol. The molecule has 0 heterocycles. The molecule has 0 spiro atoms. The number of hydrogen-bond acceptors (Lipinski definition) is 2. The Morgan fingerprint density at radius 1 is 1.41 bits per heavy atom. The van der Waals surface area contributed by atoms with E-state index in [4.69, 9.17) is 4.74 Å². The highest BCUT2D eigenvalue weighted by atomic mass is 16.5. The van der Waals surface area contributed by atoms with Gasteiger partial charge in [0.25, 0.3) is 0 Å². The molecule has 1 fully saturated rings. The zero-order chi connectivity index (χ0) is 13.3. The van der Waals surface area contributed by atoms with Crippen LogP contribution in [0.4, 0.5) is 0 Å². The Morgan fingerprint density at radius 2 is 1.94 bits per heavy atom. The molecule has 102 valence electrons. The van der Waals surface area contributed by atoms with Crippen LogP contribution in [0.3, 0.4) is 0 Å². The molecule has 4 atom stereocenters. The fraction of sp³-hybridized carbons (Fsp3) is 1.00. The summed E-state index contributed by atoms with van der Waals surface area (Å²) in [6.07, 6.45) is 4.14. The van der Waals surface area contributed by atoms with E-state index in [-0.39, 0.29) is 0 Å². The molecule has 0 amide bonds. The minimum absolute atomic E-state index is 0.362. The summed E-state index contributed by atoms with van der Waals surface area (Å²) < 4.78 is 5.55. The Morgan fingerprint density at radius 3 is 2.29 bits per heavy atom. The van der Waals surface area contributed by atoms with Crippen molar-refractivity contribution in [3.63, 3.8) is 0 Å². The van der Waals surface area contributed by atoms with Crippen molar-refractivity contribution in [1.29, 1.82) is 0 Å². The molecule has 1 rings (SSSR count). The number of rotatable bonds is 7. The van der Waals surface area contributed by atoms with Gasteiger partial charge < -0.3 is 10.1 Å². The van der Waals surface area contributed by atoms with Crippen molar-refractivity contribution in [3.8, 4) is 0 Å². The highest BCUT2D eigenvalue weighted by molar-refractivity contribution is 5.10. The summed E-state index contributed by atoms with van der Waals surface area (Å²) in [6, 6.07) is 0.611. The van der Waals surface area contributed by atoms with Gasteiger partial charge in [-0.15, -0.1) is 0 Å². The standard InChI is InChI=1S/C15H31NO/c1-8-14(4,9-2)13(16-6)12-10-15(12,5)11(3)17-7/h11-13,16H,8-10H2,1-7H3. The van der Waals surface area contributed by atoms with Gasteiger partial charge in [0, 0.05) is 13.2 Å². The smallest absolute Gasteiger partial charge is 0.0600 e. The summed E-state index contributed by atoms with van der Waals surface area (Å²) in [5, 5.41) is 3.59. The molecule has 1 saturated carbocycles. The topological polar surface area (TPSA) is 21.3 Å². The maximum Gasteiger partial charge on any atom is 0.0600 e. The van der Waals surface area contributed by atoms with Crippen molar-refractivity contribution in [1.82, 2.24) is 5.32 Å². The molecule has 1 N–H and O–H groups in total. The molecule has 0 aromatic rings. The first kappa shape index (κ1) is 15.0. The third kappa shape index (κ3) is 2.53. The van der Waals surface area contributed by atoms with E-state index in [9.17, 15) is 0 Å². The quantitative estimate of drug-likeness (QED) is 0.737. The molecule has 0 aromatic heterocycles. The van der Waals surface area contributed by atoms with Gasteiger partial charge in [-0.3, -0.25) is 0 Å². The van der Waals surface area contributed by atoms with E-state index in [1.54, 1.807) is 0 Å². The van der Waals surface area contributed by atoms with E-state index in [1.807, 2.05) is 7.11 Å². The fourth-order valence-corrected chi connectivity index (χ4v) is 3.38. The second-order valence-electron chi connectivity index (χ2n) is 6.32. The molecule has 0 bridgehead atoms. The van der Waals surface area contributed by atoms with Crippen LogP contribution in [0.5, 0.6) is 0 Å². The van der Waals surface area contributed by atoms with Gasteiger partial charge in [0.05, 0.1) is 6.10 Å². The highest BCUT2D eigenvalue weighted by Gasteiger charge is 2.59. The number of methoxy groups -OCH3 is 1. The van der Waals surface area contributed by atoms with Crippen molar-refractivity contribution >= 4 is 0 Å². The SMILES string of the molecule is CCC(C)(CC)C(NC)C1CC1(C)C(C)OC. The minimum atomic E-state index is 0.362. The van der Waals surface area contributed by atoms with Gasteiger partial charge in [-0.1, -0.05) is 27.7 Å². The van der Waals surface area contributed by atoms with E-state index in [0.29, 0.717) is 23.0 Å². The van der Waals surface area contributed by atoms with Crippen molar-refractivity contribution in [3.05, 3.63) is 0 Å². The van der Waals surface area contributed by atoms with Crippen LogP contribution in [-0.2, 0) is 4.74 Å². The number of hydrogen-bond donors (Lipinski definition) is 1. The normalized spacial score (nSPS) is 32.3. The summed E-state index contributed by atoms with van der Waals surface area (Å²) in [6.45, 7) is 11.6. The Balaban J connectivity index is 2.79. The predicted molar refractivity (Wildman–Crippen MR) is 74.2 cm³/mol. The van der Waals surface area contributed by atoms with E-state index in [1.165, 1.54) is 19.3 Å². The molecule has 0 radical (unpaired) electrons. The predicted octanol–water partition coefficient (Wildman–Crippen LogP) is 3.46. The average Bonchev–Trinajstić information content (AvgIpc) is 3.02. The highest BCUT2D eigenvalue weighted by Crippen LogP contribution is 2.60. The van der Waals surface area contributed by atoms with E-state index >= 15 is 0 Å². The van der Waals surface area contributed by atoms with Crippen LogP contribution in [0.1, 0.15) is 53.9 Å². The first-order chi connectivity index (χ1) is 7.89. The molecule has 17 heavy (non-hydrogen) atoms. The second kappa shape index (κ2) is 5.27. The van der Waals surface area contributed by atoms with Gasteiger partial charge in [0.15, 0.2) is 0 Å². The van der Waals surface area contributed by atoms with Crippen molar-refractivity contribution < 1.29 is 4.74 Å². The largest absolute Gasteiger partial charge is 0.381 e. The Labute approximate surface area is 108 Å². The lowest BCUT2D eigenvalue weighted by molar-refractivity contribution is 0.0439. The molecular formula is C15H31NO. The van der Waals surface area contributed by atoms with Gasteiger partial charge in [-0.25, -0.2) is 0 Å². The van der Waals surface area contributed by atoms with Gasteiger partial charge in [0.2, 0.25) is 0 Å². The Kier molecular flexibility index (Phi) is 4.65. The van der Waals surface area contributed by atoms with Crippen LogP contribution in [-0.4, -0.2) is 26.3 Å². The molecule has 0 aliphatic heterocycles. The lowest BCUT2D eigenvalue weighted by atomic mass is 9.73. The fourth-order valence-electron chi connectivity index (χ4n) is 3.38. The summed E-state index contributed by atoms with van der Waals surface area (Å²) >= 11 is 0. The van der Waals surface area contributed by atoms with Crippen molar-refractivity contribution in [2.45, 2.75) is 66.0 Å². The Bertz CT molecular complexity index is 249. The maximum absolute atomic E-state index is 5.55. The van der Waals surface area contributed by atoms with Crippen LogP contribution in [0.15, 0.2) is 0 Å². The Hall–Kier alpha value is -0.0800. The third-order valence-corrected chi connectivity index (χ3v) is 5.71. The van der Waals surface area contributed by atoms with E-state index in [2.05, 4.69) is 47.0 Å². The van der Waals surface area contributed by atoms with Gasteiger partial charge >= 0.3 is 0 Å². The molecule has 2 nitrogen and oxygen atoms in total. The van der Waals surface area contributed by atoms with Gasteiger partial charge in [-0.2, -0.15) is 0 Å². The molecule has 0 saturated heterocycles. The first-order valence-electron chi connectivity index (χ1n) is 7.09.